The molecule has 1 aromatic carbocycles. The molecule has 0 unspecified atom stereocenters. The zero-order chi connectivity index (χ0) is 11.3. The van der Waals surface area contributed by atoms with Crippen LogP contribution in [0.15, 0.2) is 18.2 Å². The number of primary amides is 1. The van der Waals surface area contributed by atoms with E-state index in [9.17, 15) is 4.79 Å². The lowest BCUT2D eigenvalue weighted by Gasteiger charge is -2.07. The van der Waals surface area contributed by atoms with Crippen LogP contribution in [0.2, 0.25) is 5.02 Å². The van der Waals surface area contributed by atoms with Crippen LogP contribution in [0.4, 0.5) is 0 Å². The molecule has 5 heteroatoms. The average molecular weight is 230 g/mol. The number of carbonyl (C=O) groups is 1. The second kappa shape index (κ2) is 5.58. The van der Waals surface area contributed by atoms with Gasteiger partial charge in [0.05, 0.1) is 6.61 Å². The molecular formula is C10H12ClNO3. The van der Waals surface area contributed by atoms with Gasteiger partial charge < -0.3 is 15.2 Å². The number of ether oxygens (including phenoxy) is 2. The molecular weight excluding hydrogens is 218 g/mol. The number of benzene rings is 1. The number of hydrogen-bond donors (Lipinski definition) is 1. The van der Waals surface area contributed by atoms with Gasteiger partial charge in [0.1, 0.15) is 12.4 Å². The average Bonchev–Trinajstić information content (AvgIpc) is 2.17. The van der Waals surface area contributed by atoms with Gasteiger partial charge >= 0.3 is 0 Å². The Morgan fingerprint density at radius 3 is 2.73 bits per heavy atom. The summed E-state index contributed by atoms with van der Waals surface area (Å²) in [5.41, 5.74) is 5.46. The molecule has 0 aliphatic rings. The lowest BCUT2D eigenvalue weighted by atomic mass is 10.2. The van der Waals surface area contributed by atoms with Crippen molar-refractivity contribution in [2.24, 2.45) is 5.73 Å². The molecule has 0 bridgehead atoms. The van der Waals surface area contributed by atoms with Gasteiger partial charge in [-0.3, -0.25) is 4.79 Å². The smallest absolute Gasteiger partial charge is 0.248 e. The van der Waals surface area contributed by atoms with E-state index in [1.54, 1.807) is 19.2 Å². The van der Waals surface area contributed by atoms with Crippen LogP contribution in [0.3, 0.4) is 0 Å². The van der Waals surface area contributed by atoms with Crippen molar-refractivity contribution < 1.29 is 14.3 Å². The highest BCUT2D eigenvalue weighted by molar-refractivity contribution is 6.31. The summed E-state index contributed by atoms with van der Waals surface area (Å²) >= 11 is 5.79. The van der Waals surface area contributed by atoms with Gasteiger partial charge in [0, 0.05) is 17.7 Å². The highest BCUT2D eigenvalue weighted by Crippen LogP contribution is 2.20. The summed E-state index contributed by atoms with van der Waals surface area (Å²) in [4.78, 5) is 10.9. The SMILES string of the molecule is COCCOc1cc(Cl)cc(C(N)=O)c1. The molecule has 4 nitrogen and oxygen atoms in total. The number of halogens is 1. The van der Waals surface area contributed by atoms with Gasteiger partial charge in [0.2, 0.25) is 5.91 Å². The van der Waals surface area contributed by atoms with Crippen LogP contribution in [0, 0.1) is 0 Å². The minimum Gasteiger partial charge on any atom is -0.491 e. The molecule has 82 valence electrons. The maximum absolute atomic E-state index is 10.9. The molecule has 0 saturated heterocycles. The molecule has 0 aliphatic carbocycles. The molecule has 0 atom stereocenters. The van der Waals surface area contributed by atoms with E-state index < -0.39 is 5.91 Å². The predicted molar refractivity (Wildman–Crippen MR) is 57.3 cm³/mol. The molecule has 0 spiro atoms. The standard InChI is InChI=1S/C10H12ClNO3/c1-14-2-3-15-9-5-7(10(12)13)4-8(11)6-9/h4-6H,2-3H2,1H3,(H2,12,13). The van der Waals surface area contributed by atoms with Crippen LogP contribution in [0.1, 0.15) is 10.4 Å². The highest BCUT2D eigenvalue weighted by Gasteiger charge is 2.05. The van der Waals surface area contributed by atoms with Gasteiger partial charge in [0.15, 0.2) is 0 Å². The first kappa shape index (κ1) is 11.8. The maximum atomic E-state index is 10.9. The summed E-state index contributed by atoms with van der Waals surface area (Å²) < 4.78 is 10.1. The van der Waals surface area contributed by atoms with E-state index in [0.29, 0.717) is 29.5 Å². The van der Waals surface area contributed by atoms with Crippen LogP contribution in [-0.4, -0.2) is 26.2 Å². The monoisotopic (exact) mass is 229 g/mol. The van der Waals surface area contributed by atoms with E-state index in [0.717, 1.165) is 0 Å². The van der Waals surface area contributed by atoms with Gasteiger partial charge in [-0.15, -0.1) is 0 Å². The Morgan fingerprint density at radius 2 is 2.13 bits per heavy atom. The third-order valence-corrected chi connectivity index (χ3v) is 1.93. The Labute approximate surface area is 92.9 Å². The van der Waals surface area contributed by atoms with Crippen LogP contribution < -0.4 is 10.5 Å². The van der Waals surface area contributed by atoms with Crippen LogP contribution in [-0.2, 0) is 4.74 Å². The number of carbonyl (C=O) groups excluding carboxylic acids is 1. The summed E-state index contributed by atoms with van der Waals surface area (Å²) in [7, 11) is 1.58. The van der Waals surface area contributed by atoms with Gasteiger partial charge in [-0.25, -0.2) is 0 Å². The molecule has 2 N–H and O–H groups in total. The van der Waals surface area contributed by atoms with Gasteiger partial charge in [0.25, 0.3) is 0 Å². The van der Waals surface area contributed by atoms with E-state index in [4.69, 9.17) is 26.8 Å². The number of nitrogens with two attached hydrogens (primary N) is 1. The minimum atomic E-state index is -0.533. The van der Waals surface area contributed by atoms with Crippen molar-refractivity contribution in [1.82, 2.24) is 0 Å². The van der Waals surface area contributed by atoms with Crippen molar-refractivity contribution in [2.45, 2.75) is 0 Å². The number of hydrogen-bond acceptors (Lipinski definition) is 3. The summed E-state index contributed by atoms with van der Waals surface area (Å²) in [5.74, 6) is -0.0255. The summed E-state index contributed by atoms with van der Waals surface area (Å²) in [6.07, 6.45) is 0. The van der Waals surface area contributed by atoms with Crippen LogP contribution in [0.5, 0.6) is 5.75 Å². The van der Waals surface area contributed by atoms with E-state index in [1.165, 1.54) is 6.07 Å². The van der Waals surface area contributed by atoms with E-state index in [-0.39, 0.29) is 0 Å². The maximum Gasteiger partial charge on any atom is 0.248 e. The first-order chi connectivity index (χ1) is 7.13. The lowest BCUT2D eigenvalue weighted by molar-refractivity contribution is 0.0999. The fourth-order valence-corrected chi connectivity index (χ4v) is 1.26. The Bertz CT molecular complexity index is 355. The van der Waals surface area contributed by atoms with E-state index in [1.807, 2.05) is 0 Å². The zero-order valence-corrected chi connectivity index (χ0v) is 9.08. The number of amides is 1. The van der Waals surface area contributed by atoms with E-state index >= 15 is 0 Å². The van der Waals surface area contributed by atoms with Gasteiger partial charge in [-0.2, -0.15) is 0 Å². The quantitative estimate of drug-likeness (QED) is 0.778. The summed E-state index contributed by atoms with van der Waals surface area (Å²) in [6, 6.07) is 4.65. The highest BCUT2D eigenvalue weighted by atomic mass is 35.5. The molecule has 15 heavy (non-hydrogen) atoms. The van der Waals surface area contributed by atoms with Crippen LogP contribution in [0.25, 0.3) is 0 Å². The van der Waals surface area contributed by atoms with Crippen molar-refractivity contribution in [3.8, 4) is 5.75 Å². The van der Waals surface area contributed by atoms with Gasteiger partial charge in [-0.05, 0) is 18.2 Å². The molecule has 0 saturated carbocycles. The fourth-order valence-electron chi connectivity index (χ4n) is 1.03. The first-order valence-electron chi connectivity index (χ1n) is 4.35. The van der Waals surface area contributed by atoms with E-state index in [2.05, 4.69) is 0 Å². The van der Waals surface area contributed by atoms with Crippen molar-refractivity contribution in [3.05, 3.63) is 28.8 Å². The second-order valence-corrected chi connectivity index (χ2v) is 3.32. The molecule has 0 fully saturated rings. The summed E-state index contributed by atoms with van der Waals surface area (Å²) in [5, 5.41) is 0.415. The minimum absolute atomic E-state index is 0.329. The van der Waals surface area contributed by atoms with Crippen molar-refractivity contribution in [1.29, 1.82) is 0 Å². The number of methoxy groups -OCH3 is 1. The normalized spacial score (nSPS) is 10.0. The largest absolute Gasteiger partial charge is 0.491 e. The first-order valence-corrected chi connectivity index (χ1v) is 4.73. The second-order valence-electron chi connectivity index (χ2n) is 2.88. The van der Waals surface area contributed by atoms with Crippen molar-refractivity contribution in [2.75, 3.05) is 20.3 Å². The molecule has 1 amide bonds. The Morgan fingerprint density at radius 1 is 1.40 bits per heavy atom. The van der Waals surface area contributed by atoms with Gasteiger partial charge in [-0.1, -0.05) is 11.6 Å². The third kappa shape index (κ3) is 3.77. The molecule has 1 aromatic rings. The fraction of sp³-hybridized carbons (Fsp3) is 0.300. The molecule has 1 rings (SSSR count). The lowest BCUT2D eigenvalue weighted by Crippen LogP contribution is -2.11. The topological polar surface area (TPSA) is 61.6 Å². The predicted octanol–water partition coefficient (Wildman–Crippen LogP) is 1.46. The Kier molecular flexibility index (Phi) is 4.39. The zero-order valence-electron chi connectivity index (χ0n) is 8.33. The molecule has 0 aromatic heterocycles. The Balaban J connectivity index is 2.75. The molecule has 0 radical (unpaired) electrons. The number of rotatable bonds is 5. The van der Waals surface area contributed by atoms with Crippen molar-refractivity contribution >= 4 is 17.5 Å². The molecule has 0 heterocycles. The summed E-state index contributed by atoms with van der Waals surface area (Å²) in [6.45, 7) is 0.869. The third-order valence-electron chi connectivity index (χ3n) is 1.71. The van der Waals surface area contributed by atoms with Crippen LogP contribution >= 0.6 is 11.6 Å². The molecule has 0 aliphatic heterocycles. The van der Waals surface area contributed by atoms with Crippen molar-refractivity contribution in [3.63, 3.8) is 0 Å². The Hall–Kier alpha value is -1.26.